The number of nitrogens with one attached hydrogen (secondary N) is 1. The van der Waals surface area contributed by atoms with Crippen LogP contribution < -0.4 is 5.73 Å². The van der Waals surface area contributed by atoms with Crippen molar-refractivity contribution in [3.63, 3.8) is 0 Å². The molecular formula is C11H13FN2. The van der Waals surface area contributed by atoms with Gasteiger partial charge in [0.15, 0.2) is 0 Å². The molecule has 0 bridgehead atoms. The molecule has 1 atom stereocenters. The molecule has 1 aromatic heterocycles. The van der Waals surface area contributed by atoms with Gasteiger partial charge in [-0.2, -0.15) is 0 Å². The van der Waals surface area contributed by atoms with Gasteiger partial charge >= 0.3 is 0 Å². The second-order valence-electron chi connectivity index (χ2n) is 3.65. The minimum atomic E-state index is -1.46. The summed E-state index contributed by atoms with van der Waals surface area (Å²) in [5, 5.41) is 0.906. The van der Waals surface area contributed by atoms with Crippen molar-refractivity contribution < 1.29 is 4.39 Å². The van der Waals surface area contributed by atoms with Gasteiger partial charge in [-0.1, -0.05) is 18.2 Å². The first-order valence-electron chi connectivity index (χ1n) is 4.61. The number of aromatic nitrogens is 1. The summed E-state index contributed by atoms with van der Waals surface area (Å²) >= 11 is 0. The number of aromatic amines is 1. The van der Waals surface area contributed by atoms with Crippen LogP contribution in [0.5, 0.6) is 0 Å². The maximum atomic E-state index is 14.0. The van der Waals surface area contributed by atoms with Gasteiger partial charge in [0, 0.05) is 29.2 Å². The number of fused-ring (bicyclic) bond motifs is 1. The Morgan fingerprint density at radius 2 is 2.14 bits per heavy atom. The van der Waals surface area contributed by atoms with Crippen LogP contribution in [0.3, 0.4) is 0 Å². The van der Waals surface area contributed by atoms with Crippen LogP contribution in [0, 0.1) is 0 Å². The zero-order valence-corrected chi connectivity index (χ0v) is 8.05. The van der Waals surface area contributed by atoms with Crippen LogP contribution in [0.2, 0.25) is 0 Å². The van der Waals surface area contributed by atoms with Crippen molar-refractivity contribution in [3.05, 3.63) is 36.0 Å². The minimum Gasteiger partial charge on any atom is -0.361 e. The van der Waals surface area contributed by atoms with Crippen molar-refractivity contribution in [1.82, 2.24) is 4.98 Å². The number of benzene rings is 1. The maximum absolute atomic E-state index is 14.0. The second kappa shape index (κ2) is 3.10. The molecule has 2 nitrogen and oxygen atoms in total. The van der Waals surface area contributed by atoms with Gasteiger partial charge in [-0.05, 0) is 13.0 Å². The summed E-state index contributed by atoms with van der Waals surface area (Å²) in [6, 6.07) is 7.63. The summed E-state index contributed by atoms with van der Waals surface area (Å²) in [6.07, 6.45) is 1.69. The van der Waals surface area contributed by atoms with Crippen LogP contribution in [0.15, 0.2) is 30.5 Å². The maximum Gasteiger partial charge on any atom is 0.147 e. The van der Waals surface area contributed by atoms with Crippen LogP contribution in [0.25, 0.3) is 10.9 Å². The van der Waals surface area contributed by atoms with Crippen molar-refractivity contribution in [1.29, 1.82) is 0 Å². The molecule has 14 heavy (non-hydrogen) atoms. The van der Waals surface area contributed by atoms with Gasteiger partial charge in [-0.25, -0.2) is 4.39 Å². The molecular weight excluding hydrogens is 179 g/mol. The van der Waals surface area contributed by atoms with E-state index in [0.29, 0.717) is 5.56 Å². The van der Waals surface area contributed by atoms with E-state index in [2.05, 4.69) is 4.98 Å². The van der Waals surface area contributed by atoms with Crippen molar-refractivity contribution in [2.45, 2.75) is 12.6 Å². The Labute approximate surface area is 81.9 Å². The van der Waals surface area contributed by atoms with Gasteiger partial charge in [0.25, 0.3) is 0 Å². The molecule has 0 fully saturated rings. The molecule has 0 amide bonds. The molecule has 0 aliphatic carbocycles. The topological polar surface area (TPSA) is 41.8 Å². The second-order valence-corrected chi connectivity index (χ2v) is 3.65. The minimum absolute atomic E-state index is 0.00511. The zero-order chi connectivity index (χ0) is 10.2. The fourth-order valence-electron chi connectivity index (χ4n) is 1.61. The van der Waals surface area contributed by atoms with E-state index in [4.69, 9.17) is 5.73 Å². The summed E-state index contributed by atoms with van der Waals surface area (Å²) in [4.78, 5) is 3.03. The molecule has 0 spiro atoms. The third-order valence-corrected chi connectivity index (χ3v) is 2.53. The summed E-state index contributed by atoms with van der Waals surface area (Å²) < 4.78 is 14.0. The summed E-state index contributed by atoms with van der Waals surface area (Å²) in [7, 11) is 0. The van der Waals surface area contributed by atoms with E-state index in [9.17, 15) is 4.39 Å². The smallest absolute Gasteiger partial charge is 0.147 e. The standard InChI is InChI=1S/C11H13FN2/c1-11(12,7-13)9-6-14-10-5-3-2-4-8(9)10/h2-6,14H,7,13H2,1H3. The number of alkyl halides is 1. The van der Waals surface area contributed by atoms with Crippen molar-refractivity contribution in [2.24, 2.45) is 5.73 Å². The number of hydrogen-bond acceptors (Lipinski definition) is 1. The fourth-order valence-corrected chi connectivity index (χ4v) is 1.61. The molecule has 2 aromatic rings. The predicted molar refractivity (Wildman–Crippen MR) is 55.8 cm³/mol. The van der Waals surface area contributed by atoms with Gasteiger partial charge in [0.2, 0.25) is 0 Å². The number of hydrogen-bond donors (Lipinski definition) is 2. The first-order chi connectivity index (χ1) is 6.65. The average Bonchev–Trinajstić information content (AvgIpc) is 2.61. The molecule has 0 aliphatic heterocycles. The van der Waals surface area contributed by atoms with Crippen molar-refractivity contribution in [3.8, 4) is 0 Å². The lowest BCUT2D eigenvalue weighted by atomic mass is 9.98. The molecule has 1 aromatic carbocycles. The molecule has 0 saturated carbocycles. The largest absolute Gasteiger partial charge is 0.361 e. The Hall–Kier alpha value is -1.35. The van der Waals surface area contributed by atoms with E-state index >= 15 is 0 Å². The van der Waals surface area contributed by atoms with Crippen LogP contribution in [0.1, 0.15) is 12.5 Å². The Morgan fingerprint density at radius 3 is 2.86 bits per heavy atom. The molecule has 0 radical (unpaired) electrons. The van der Waals surface area contributed by atoms with E-state index in [1.165, 1.54) is 6.92 Å². The fraction of sp³-hybridized carbons (Fsp3) is 0.273. The predicted octanol–water partition coefficient (Wildman–Crippen LogP) is 2.31. The van der Waals surface area contributed by atoms with Gasteiger partial charge in [0.1, 0.15) is 5.67 Å². The van der Waals surface area contributed by atoms with Gasteiger partial charge in [-0.15, -0.1) is 0 Å². The van der Waals surface area contributed by atoms with E-state index in [-0.39, 0.29) is 6.54 Å². The average molecular weight is 192 g/mol. The number of nitrogens with two attached hydrogens (primary N) is 1. The zero-order valence-electron chi connectivity index (χ0n) is 8.05. The Bertz CT molecular complexity index is 445. The highest BCUT2D eigenvalue weighted by molar-refractivity contribution is 5.83. The summed E-state index contributed by atoms with van der Waals surface area (Å²) in [5.74, 6) is 0. The molecule has 1 unspecified atom stereocenters. The van der Waals surface area contributed by atoms with Crippen LogP contribution in [-0.4, -0.2) is 11.5 Å². The van der Waals surface area contributed by atoms with E-state index < -0.39 is 5.67 Å². The monoisotopic (exact) mass is 192 g/mol. The molecule has 0 saturated heterocycles. The Balaban J connectivity index is 2.64. The third-order valence-electron chi connectivity index (χ3n) is 2.53. The molecule has 3 heteroatoms. The van der Waals surface area contributed by atoms with E-state index in [1.807, 2.05) is 24.3 Å². The van der Waals surface area contributed by atoms with Gasteiger partial charge in [-0.3, -0.25) is 0 Å². The normalized spacial score (nSPS) is 15.6. The van der Waals surface area contributed by atoms with Gasteiger partial charge < -0.3 is 10.7 Å². The Kier molecular flexibility index (Phi) is 2.04. The number of rotatable bonds is 2. The first kappa shape index (κ1) is 9.21. The number of para-hydroxylation sites is 1. The molecule has 3 N–H and O–H groups in total. The number of halogens is 1. The molecule has 2 rings (SSSR count). The number of H-pyrrole nitrogens is 1. The van der Waals surface area contributed by atoms with Crippen LogP contribution in [-0.2, 0) is 5.67 Å². The summed E-state index contributed by atoms with van der Waals surface area (Å²) in [5.41, 5.74) is 5.52. The highest BCUT2D eigenvalue weighted by atomic mass is 19.1. The third kappa shape index (κ3) is 1.30. The summed E-state index contributed by atoms with van der Waals surface area (Å²) in [6.45, 7) is 1.50. The molecule has 1 heterocycles. The van der Waals surface area contributed by atoms with E-state index in [0.717, 1.165) is 10.9 Å². The lowest BCUT2D eigenvalue weighted by Crippen LogP contribution is -2.26. The van der Waals surface area contributed by atoms with Crippen molar-refractivity contribution >= 4 is 10.9 Å². The highest BCUT2D eigenvalue weighted by Gasteiger charge is 2.26. The Morgan fingerprint density at radius 1 is 1.43 bits per heavy atom. The lowest BCUT2D eigenvalue weighted by molar-refractivity contribution is 0.205. The molecule has 0 aliphatic rings. The highest BCUT2D eigenvalue weighted by Crippen LogP contribution is 2.30. The van der Waals surface area contributed by atoms with Crippen LogP contribution >= 0.6 is 0 Å². The quantitative estimate of drug-likeness (QED) is 0.753. The van der Waals surface area contributed by atoms with Gasteiger partial charge in [0.05, 0.1) is 0 Å². The van der Waals surface area contributed by atoms with Crippen molar-refractivity contribution in [2.75, 3.05) is 6.54 Å². The first-order valence-corrected chi connectivity index (χ1v) is 4.61. The SMILES string of the molecule is CC(F)(CN)c1c[nH]c2ccccc12. The van der Waals surface area contributed by atoms with Crippen LogP contribution in [0.4, 0.5) is 4.39 Å². The van der Waals surface area contributed by atoms with E-state index in [1.54, 1.807) is 6.20 Å². The molecule has 74 valence electrons. The lowest BCUT2D eigenvalue weighted by Gasteiger charge is -2.16.